The second-order valence-corrected chi connectivity index (χ2v) is 3.60. The molecule has 2 N–H and O–H groups in total. The molecule has 1 aromatic heterocycles. The lowest BCUT2D eigenvalue weighted by Gasteiger charge is -2.18. The van der Waals surface area contributed by atoms with Crippen LogP contribution in [0.1, 0.15) is 23.6 Å². The molecule has 0 saturated heterocycles. The van der Waals surface area contributed by atoms with Crippen molar-refractivity contribution in [2.75, 3.05) is 0 Å². The van der Waals surface area contributed by atoms with Gasteiger partial charge < -0.3 is 5.73 Å². The number of fused-ring (bicyclic) bond motifs is 1. The van der Waals surface area contributed by atoms with Crippen molar-refractivity contribution in [1.29, 1.82) is 0 Å². The summed E-state index contributed by atoms with van der Waals surface area (Å²) in [5, 5.41) is 0. The first-order valence-electron chi connectivity index (χ1n) is 4.67. The van der Waals surface area contributed by atoms with Gasteiger partial charge >= 0.3 is 0 Å². The zero-order valence-electron chi connectivity index (χ0n) is 7.66. The summed E-state index contributed by atoms with van der Waals surface area (Å²) in [5.74, 6) is -0.272. The lowest BCUT2D eigenvalue weighted by Crippen LogP contribution is -2.34. The predicted molar refractivity (Wildman–Crippen MR) is 49.3 cm³/mol. The van der Waals surface area contributed by atoms with Gasteiger partial charge in [-0.05, 0) is 24.5 Å². The maximum Gasteiger partial charge on any atom is 0.254 e. The van der Waals surface area contributed by atoms with Crippen LogP contribution in [0.4, 0.5) is 8.78 Å². The van der Waals surface area contributed by atoms with Gasteiger partial charge in [-0.1, -0.05) is 6.07 Å². The van der Waals surface area contributed by atoms with Crippen molar-refractivity contribution in [3.63, 3.8) is 0 Å². The van der Waals surface area contributed by atoms with Gasteiger partial charge in [-0.3, -0.25) is 4.98 Å². The van der Waals surface area contributed by atoms with E-state index in [9.17, 15) is 8.78 Å². The van der Waals surface area contributed by atoms with E-state index in [1.807, 2.05) is 12.1 Å². The molecule has 0 bridgehead atoms. The number of alkyl halides is 2. The van der Waals surface area contributed by atoms with E-state index in [0.717, 1.165) is 17.7 Å². The van der Waals surface area contributed by atoms with E-state index in [4.69, 9.17) is 5.73 Å². The highest BCUT2D eigenvalue weighted by molar-refractivity contribution is 5.29. The number of rotatable bonds is 2. The fourth-order valence-electron chi connectivity index (χ4n) is 1.99. The molecule has 0 spiro atoms. The summed E-state index contributed by atoms with van der Waals surface area (Å²) in [7, 11) is 0. The smallest absolute Gasteiger partial charge is 0.254 e. The van der Waals surface area contributed by atoms with E-state index in [1.165, 1.54) is 0 Å². The third-order valence-corrected chi connectivity index (χ3v) is 2.76. The van der Waals surface area contributed by atoms with Gasteiger partial charge in [0.2, 0.25) is 0 Å². The highest BCUT2D eigenvalue weighted by Crippen LogP contribution is 2.34. The van der Waals surface area contributed by atoms with Crippen LogP contribution in [0.5, 0.6) is 0 Å². The van der Waals surface area contributed by atoms with E-state index in [0.29, 0.717) is 6.42 Å². The minimum atomic E-state index is -2.46. The molecule has 1 aromatic rings. The van der Waals surface area contributed by atoms with Gasteiger partial charge in [0, 0.05) is 17.8 Å². The van der Waals surface area contributed by atoms with Crippen LogP contribution < -0.4 is 5.73 Å². The van der Waals surface area contributed by atoms with Crippen LogP contribution in [0, 0.1) is 0 Å². The molecule has 0 radical (unpaired) electrons. The van der Waals surface area contributed by atoms with Crippen molar-refractivity contribution in [3.8, 4) is 0 Å². The Bertz CT molecular complexity index is 328. The first-order chi connectivity index (χ1) is 6.70. The third-order valence-electron chi connectivity index (χ3n) is 2.76. The van der Waals surface area contributed by atoms with Crippen LogP contribution in [0.25, 0.3) is 0 Å². The summed E-state index contributed by atoms with van der Waals surface area (Å²) in [6.45, 7) is 0. The van der Waals surface area contributed by atoms with E-state index in [-0.39, 0.29) is 5.92 Å². The molecular weight excluding hydrogens is 186 g/mol. The lowest BCUT2D eigenvalue weighted by molar-refractivity contribution is 0.103. The maximum atomic E-state index is 12.4. The van der Waals surface area contributed by atoms with Crippen LogP contribution in [0.15, 0.2) is 18.3 Å². The number of nitrogens with two attached hydrogens (primary N) is 1. The first kappa shape index (κ1) is 9.52. The zero-order chi connectivity index (χ0) is 10.1. The van der Waals surface area contributed by atoms with Crippen LogP contribution in [0.3, 0.4) is 0 Å². The number of hydrogen-bond donors (Lipinski definition) is 1. The number of halogens is 2. The molecule has 4 heteroatoms. The van der Waals surface area contributed by atoms with Gasteiger partial charge in [0.05, 0.1) is 6.04 Å². The Morgan fingerprint density at radius 3 is 3.00 bits per heavy atom. The van der Waals surface area contributed by atoms with Crippen molar-refractivity contribution < 1.29 is 8.78 Å². The second kappa shape index (κ2) is 3.61. The van der Waals surface area contributed by atoms with E-state index < -0.39 is 12.5 Å². The topological polar surface area (TPSA) is 38.9 Å². The summed E-state index contributed by atoms with van der Waals surface area (Å²) >= 11 is 0. The SMILES string of the molecule is NC(C(F)F)C1CCc2cccnc21. The normalized spacial score (nSPS) is 22.4. The molecule has 76 valence electrons. The molecule has 2 nitrogen and oxygen atoms in total. The van der Waals surface area contributed by atoms with E-state index in [2.05, 4.69) is 4.98 Å². The number of pyridine rings is 1. The summed E-state index contributed by atoms with van der Waals surface area (Å²) < 4.78 is 24.8. The highest BCUT2D eigenvalue weighted by Gasteiger charge is 2.33. The molecular formula is C10H12F2N2. The summed E-state index contributed by atoms with van der Waals surface area (Å²) in [6.07, 6.45) is 0.675. The molecule has 2 rings (SSSR count). The summed E-state index contributed by atoms with van der Waals surface area (Å²) in [5.41, 5.74) is 7.27. The number of nitrogens with zero attached hydrogens (tertiary/aromatic N) is 1. The van der Waals surface area contributed by atoms with E-state index >= 15 is 0 Å². The Labute approximate surface area is 81.1 Å². The molecule has 0 amide bonds. The minimum absolute atomic E-state index is 0.272. The lowest BCUT2D eigenvalue weighted by atomic mass is 9.98. The molecule has 14 heavy (non-hydrogen) atoms. The molecule has 0 fully saturated rings. The Morgan fingerprint density at radius 1 is 1.50 bits per heavy atom. The van der Waals surface area contributed by atoms with Gasteiger partial charge in [-0.25, -0.2) is 8.78 Å². The quantitative estimate of drug-likeness (QED) is 0.785. The van der Waals surface area contributed by atoms with Gasteiger partial charge in [-0.15, -0.1) is 0 Å². The Hall–Kier alpha value is -1.03. The molecule has 2 unspecified atom stereocenters. The van der Waals surface area contributed by atoms with Crippen LogP contribution in [0.2, 0.25) is 0 Å². The van der Waals surface area contributed by atoms with Gasteiger partial charge in [-0.2, -0.15) is 0 Å². The molecule has 1 aliphatic carbocycles. The fraction of sp³-hybridized carbons (Fsp3) is 0.500. The highest BCUT2D eigenvalue weighted by atomic mass is 19.3. The van der Waals surface area contributed by atoms with E-state index in [1.54, 1.807) is 6.20 Å². The summed E-state index contributed by atoms with van der Waals surface area (Å²) in [4.78, 5) is 4.13. The van der Waals surface area contributed by atoms with Crippen LogP contribution in [-0.4, -0.2) is 17.5 Å². The summed E-state index contributed by atoms with van der Waals surface area (Å²) in [6, 6.07) is 2.68. The monoisotopic (exact) mass is 198 g/mol. The van der Waals surface area contributed by atoms with Crippen molar-refractivity contribution in [2.45, 2.75) is 31.2 Å². The van der Waals surface area contributed by atoms with Crippen LogP contribution in [-0.2, 0) is 6.42 Å². The molecule has 0 saturated carbocycles. The number of hydrogen-bond acceptors (Lipinski definition) is 2. The largest absolute Gasteiger partial charge is 0.322 e. The van der Waals surface area contributed by atoms with Crippen molar-refractivity contribution >= 4 is 0 Å². The Balaban J connectivity index is 2.26. The Morgan fingerprint density at radius 2 is 2.29 bits per heavy atom. The van der Waals surface area contributed by atoms with Crippen molar-refractivity contribution in [3.05, 3.63) is 29.6 Å². The molecule has 0 aliphatic heterocycles. The average Bonchev–Trinajstić information content (AvgIpc) is 2.60. The minimum Gasteiger partial charge on any atom is -0.322 e. The predicted octanol–water partition coefficient (Wildman–Crippen LogP) is 1.70. The third kappa shape index (κ3) is 1.50. The molecule has 2 atom stereocenters. The standard InChI is InChI=1S/C10H12F2N2/c11-10(12)8(13)7-4-3-6-2-1-5-14-9(6)7/h1-2,5,7-8,10H,3-4,13H2. The number of aromatic nitrogens is 1. The molecule has 1 heterocycles. The Kier molecular flexibility index (Phi) is 2.46. The second-order valence-electron chi connectivity index (χ2n) is 3.60. The first-order valence-corrected chi connectivity index (χ1v) is 4.67. The van der Waals surface area contributed by atoms with Gasteiger partial charge in [0.15, 0.2) is 0 Å². The van der Waals surface area contributed by atoms with Crippen molar-refractivity contribution in [2.24, 2.45) is 5.73 Å². The maximum absolute atomic E-state index is 12.4. The van der Waals surface area contributed by atoms with Gasteiger partial charge in [0.25, 0.3) is 6.43 Å². The molecule has 0 aromatic carbocycles. The average molecular weight is 198 g/mol. The molecule has 1 aliphatic rings. The fourth-order valence-corrected chi connectivity index (χ4v) is 1.99. The van der Waals surface area contributed by atoms with Gasteiger partial charge in [0.1, 0.15) is 0 Å². The number of aryl methyl sites for hydroxylation is 1. The van der Waals surface area contributed by atoms with Crippen molar-refractivity contribution in [1.82, 2.24) is 4.98 Å². The van der Waals surface area contributed by atoms with Crippen LogP contribution >= 0.6 is 0 Å². The zero-order valence-corrected chi connectivity index (χ0v) is 7.66.